The number of nitrogens with zero attached hydrogens (tertiary/aromatic N) is 5. The summed E-state index contributed by atoms with van der Waals surface area (Å²) in [5.41, 5.74) is 2.90. The van der Waals surface area contributed by atoms with Gasteiger partial charge in [0.05, 0.1) is 19.0 Å². The quantitative estimate of drug-likeness (QED) is 0.699. The highest BCUT2D eigenvalue weighted by Crippen LogP contribution is 2.28. The molecule has 0 unspecified atom stereocenters. The highest BCUT2D eigenvalue weighted by molar-refractivity contribution is 5.59. The van der Waals surface area contributed by atoms with Crippen molar-refractivity contribution < 1.29 is 9.37 Å². The van der Waals surface area contributed by atoms with Gasteiger partial charge in [0, 0.05) is 24.2 Å². The molecule has 1 fully saturated rings. The summed E-state index contributed by atoms with van der Waals surface area (Å²) < 4.78 is 9.88. The van der Waals surface area contributed by atoms with Crippen LogP contribution in [-0.4, -0.2) is 45.4 Å². The molecule has 7 nitrogen and oxygen atoms in total. The third-order valence-corrected chi connectivity index (χ3v) is 4.81. The predicted octanol–water partition coefficient (Wildman–Crippen LogP) is 2.91. The molecular formula is C19H21N5O2. The van der Waals surface area contributed by atoms with Crippen LogP contribution in [0.2, 0.25) is 0 Å². The van der Waals surface area contributed by atoms with Crippen molar-refractivity contribution in [1.29, 1.82) is 0 Å². The minimum atomic E-state index is 0.389. The van der Waals surface area contributed by atoms with E-state index in [-0.39, 0.29) is 0 Å². The highest BCUT2D eigenvalue weighted by atomic mass is 16.6. The van der Waals surface area contributed by atoms with Crippen LogP contribution >= 0.6 is 0 Å². The number of aromatic nitrogens is 4. The maximum atomic E-state index is 5.22. The molecule has 1 saturated heterocycles. The zero-order valence-corrected chi connectivity index (χ0v) is 14.7. The first-order chi connectivity index (χ1) is 12.8. The van der Waals surface area contributed by atoms with E-state index in [1.807, 2.05) is 36.5 Å². The molecule has 0 saturated carbocycles. The zero-order valence-electron chi connectivity index (χ0n) is 14.7. The van der Waals surface area contributed by atoms with E-state index in [0.717, 1.165) is 61.0 Å². The molecule has 0 aliphatic carbocycles. The number of ether oxygens (including phenoxy) is 1. The van der Waals surface area contributed by atoms with Crippen LogP contribution in [0, 0.1) is 0 Å². The molecule has 26 heavy (non-hydrogen) atoms. The van der Waals surface area contributed by atoms with Crippen LogP contribution in [0.15, 0.2) is 47.4 Å². The van der Waals surface area contributed by atoms with Gasteiger partial charge in [0.2, 0.25) is 0 Å². The Morgan fingerprint density at radius 3 is 2.65 bits per heavy atom. The van der Waals surface area contributed by atoms with Gasteiger partial charge in [-0.25, -0.2) is 14.6 Å². The SMILES string of the molecule is COc1ccc(-c2ccnc(C3CCN(Cc4cnon4)CC3)n2)cc1. The summed E-state index contributed by atoms with van der Waals surface area (Å²) in [4.78, 5) is 11.7. The van der Waals surface area contributed by atoms with Gasteiger partial charge < -0.3 is 4.74 Å². The normalized spacial score (nSPS) is 15.9. The molecule has 0 spiro atoms. The van der Waals surface area contributed by atoms with Gasteiger partial charge in [-0.05, 0) is 56.3 Å². The Morgan fingerprint density at radius 2 is 1.96 bits per heavy atom. The largest absolute Gasteiger partial charge is 0.497 e. The summed E-state index contributed by atoms with van der Waals surface area (Å²) in [7, 11) is 1.67. The van der Waals surface area contributed by atoms with Crippen molar-refractivity contribution in [3.63, 3.8) is 0 Å². The van der Waals surface area contributed by atoms with Gasteiger partial charge in [-0.3, -0.25) is 4.90 Å². The van der Waals surface area contributed by atoms with Crippen LogP contribution in [0.5, 0.6) is 5.75 Å². The van der Waals surface area contributed by atoms with Gasteiger partial charge in [-0.1, -0.05) is 10.3 Å². The summed E-state index contributed by atoms with van der Waals surface area (Å²) in [6.07, 6.45) is 5.61. The fourth-order valence-electron chi connectivity index (χ4n) is 3.33. The minimum absolute atomic E-state index is 0.389. The van der Waals surface area contributed by atoms with Gasteiger partial charge in [0.25, 0.3) is 0 Å². The van der Waals surface area contributed by atoms with Crippen LogP contribution in [0.25, 0.3) is 11.3 Å². The molecule has 0 atom stereocenters. The van der Waals surface area contributed by atoms with E-state index < -0.39 is 0 Å². The van der Waals surface area contributed by atoms with Gasteiger partial charge >= 0.3 is 0 Å². The standard InChI is InChI=1S/C19H21N5O2/c1-25-17-4-2-14(3-5-17)18-6-9-20-19(22-18)15-7-10-24(11-8-15)13-16-12-21-26-23-16/h2-6,9,12,15H,7-8,10-11,13H2,1H3. The molecular weight excluding hydrogens is 330 g/mol. The summed E-state index contributed by atoms with van der Waals surface area (Å²) in [6, 6.07) is 9.92. The summed E-state index contributed by atoms with van der Waals surface area (Å²) in [5.74, 6) is 2.17. The van der Waals surface area contributed by atoms with Crippen molar-refractivity contribution >= 4 is 0 Å². The van der Waals surface area contributed by atoms with E-state index in [1.165, 1.54) is 0 Å². The van der Waals surface area contributed by atoms with Crippen LogP contribution in [0.3, 0.4) is 0 Å². The molecule has 2 aromatic heterocycles. The van der Waals surface area contributed by atoms with Crippen molar-refractivity contribution in [2.75, 3.05) is 20.2 Å². The van der Waals surface area contributed by atoms with E-state index in [4.69, 9.17) is 9.72 Å². The van der Waals surface area contributed by atoms with Gasteiger partial charge in [0.15, 0.2) is 0 Å². The number of hydrogen-bond donors (Lipinski definition) is 0. The Labute approximate surface area is 152 Å². The lowest BCUT2D eigenvalue weighted by Gasteiger charge is -2.30. The predicted molar refractivity (Wildman–Crippen MR) is 95.6 cm³/mol. The first-order valence-electron chi connectivity index (χ1n) is 8.78. The number of methoxy groups -OCH3 is 1. The van der Waals surface area contributed by atoms with Crippen molar-refractivity contribution in [2.45, 2.75) is 25.3 Å². The van der Waals surface area contributed by atoms with Crippen LogP contribution < -0.4 is 4.74 Å². The van der Waals surface area contributed by atoms with Crippen LogP contribution in [-0.2, 0) is 6.54 Å². The Hall–Kier alpha value is -2.80. The number of rotatable bonds is 5. The molecule has 0 N–H and O–H groups in total. The molecule has 1 aliphatic rings. The third-order valence-electron chi connectivity index (χ3n) is 4.81. The van der Waals surface area contributed by atoms with Crippen molar-refractivity contribution in [3.05, 3.63) is 54.2 Å². The maximum absolute atomic E-state index is 5.22. The Morgan fingerprint density at radius 1 is 1.15 bits per heavy atom. The number of likely N-dealkylation sites (tertiary alicyclic amines) is 1. The van der Waals surface area contributed by atoms with Gasteiger partial charge in [0.1, 0.15) is 17.3 Å². The second kappa shape index (κ2) is 7.61. The first-order valence-corrected chi connectivity index (χ1v) is 8.78. The fourth-order valence-corrected chi connectivity index (χ4v) is 3.33. The highest BCUT2D eigenvalue weighted by Gasteiger charge is 2.23. The summed E-state index contributed by atoms with van der Waals surface area (Å²) >= 11 is 0. The average molecular weight is 351 g/mol. The summed E-state index contributed by atoms with van der Waals surface area (Å²) in [6.45, 7) is 2.77. The van der Waals surface area contributed by atoms with E-state index in [0.29, 0.717) is 5.92 Å². The van der Waals surface area contributed by atoms with Crippen LogP contribution in [0.4, 0.5) is 0 Å². The second-order valence-corrected chi connectivity index (χ2v) is 6.48. The molecule has 0 amide bonds. The second-order valence-electron chi connectivity index (χ2n) is 6.48. The van der Waals surface area contributed by atoms with E-state index >= 15 is 0 Å². The number of benzene rings is 1. The Bertz CT molecular complexity index is 827. The number of hydrogen-bond acceptors (Lipinski definition) is 7. The van der Waals surface area contributed by atoms with E-state index in [9.17, 15) is 0 Å². The zero-order chi connectivity index (χ0) is 17.8. The first kappa shape index (κ1) is 16.7. The molecule has 134 valence electrons. The number of piperidine rings is 1. The lowest BCUT2D eigenvalue weighted by atomic mass is 9.95. The topological polar surface area (TPSA) is 77.2 Å². The molecule has 1 aromatic carbocycles. The van der Waals surface area contributed by atoms with E-state index in [1.54, 1.807) is 13.3 Å². The van der Waals surface area contributed by atoms with Crippen molar-refractivity contribution in [1.82, 2.24) is 25.2 Å². The fraction of sp³-hybridized carbons (Fsp3) is 0.368. The smallest absolute Gasteiger partial charge is 0.132 e. The minimum Gasteiger partial charge on any atom is -0.497 e. The molecule has 0 radical (unpaired) electrons. The molecule has 0 bridgehead atoms. The summed E-state index contributed by atoms with van der Waals surface area (Å²) in [5, 5.41) is 7.54. The van der Waals surface area contributed by atoms with Crippen molar-refractivity contribution in [3.8, 4) is 17.0 Å². The van der Waals surface area contributed by atoms with Gasteiger partial charge in [-0.2, -0.15) is 0 Å². The molecule has 3 heterocycles. The molecule has 1 aliphatic heterocycles. The monoisotopic (exact) mass is 351 g/mol. The average Bonchev–Trinajstić information content (AvgIpc) is 3.22. The van der Waals surface area contributed by atoms with Crippen LogP contribution in [0.1, 0.15) is 30.3 Å². The Balaban J connectivity index is 1.42. The van der Waals surface area contributed by atoms with E-state index in [2.05, 4.69) is 24.8 Å². The maximum Gasteiger partial charge on any atom is 0.132 e. The lowest BCUT2D eigenvalue weighted by Crippen LogP contribution is -2.33. The Kier molecular flexibility index (Phi) is 4.88. The lowest BCUT2D eigenvalue weighted by molar-refractivity contribution is 0.195. The van der Waals surface area contributed by atoms with Gasteiger partial charge in [-0.15, -0.1) is 0 Å². The molecule has 3 aromatic rings. The molecule has 4 rings (SSSR count). The van der Waals surface area contributed by atoms with Crippen molar-refractivity contribution in [2.24, 2.45) is 0 Å². The third kappa shape index (κ3) is 3.72. The molecule has 7 heteroatoms.